The fourth-order valence-corrected chi connectivity index (χ4v) is 3.74. The zero-order valence-electron chi connectivity index (χ0n) is 14.6. The second-order valence-corrected chi connectivity index (χ2v) is 7.69. The molecule has 0 unspecified atom stereocenters. The number of benzene rings is 2. The van der Waals surface area contributed by atoms with Gasteiger partial charge in [0.2, 0.25) is 0 Å². The van der Waals surface area contributed by atoms with Crippen molar-refractivity contribution < 1.29 is 4.42 Å². The second-order valence-electron chi connectivity index (χ2n) is 6.43. The predicted octanol–water partition coefficient (Wildman–Crippen LogP) is 5.75. The van der Waals surface area contributed by atoms with E-state index >= 15 is 0 Å². The first-order chi connectivity index (χ1) is 13.1. The van der Waals surface area contributed by atoms with Crippen molar-refractivity contribution in [1.82, 2.24) is 4.90 Å². The van der Waals surface area contributed by atoms with Gasteiger partial charge in [0.1, 0.15) is 10.7 Å². The van der Waals surface area contributed by atoms with E-state index in [1.54, 1.807) is 0 Å². The van der Waals surface area contributed by atoms with Crippen LogP contribution in [0.15, 0.2) is 65.1 Å². The molecule has 2 aromatic carbocycles. The van der Waals surface area contributed by atoms with E-state index in [0.29, 0.717) is 5.02 Å². The van der Waals surface area contributed by atoms with Crippen LogP contribution in [0.25, 0.3) is 11.3 Å². The minimum absolute atomic E-state index is 0.708. The molecule has 1 fully saturated rings. The van der Waals surface area contributed by atoms with E-state index < -0.39 is 0 Å². The lowest BCUT2D eigenvalue weighted by atomic mass is 10.2. The zero-order valence-corrected chi connectivity index (χ0v) is 16.9. The topological polar surface area (TPSA) is 19.6 Å². The molecule has 3 aromatic rings. The van der Waals surface area contributed by atoms with Crippen LogP contribution in [-0.4, -0.2) is 36.1 Å². The van der Waals surface area contributed by atoms with E-state index in [4.69, 9.17) is 39.8 Å². The fourth-order valence-electron chi connectivity index (χ4n) is 3.20. The molecule has 4 rings (SSSR count). The summed E-state index contributed by atoms with van der Waals surface area (Å²) in [7, 11) is 0. The summed E-state index contributed by atoms with van der Waals surface area (Å²) in [6, 6.07) is 19.5. The van der Waals surface area contributed by atoms with Crippen LogP contribution >= 0.6 is 35.4 Å². The Morgan fingerprint density at radius 1 is 0.778 bits per heavy atom. The molecule has 27 heavy (non-hydrogen) atoms. The third kappa shape index (κ3) is 4.13. The minimum atomic E-state index is 0.708. The maximum Gasteiger partial charge on any atom is 0.162 e. The Kier molecular flexibility index (Phi) is 5.39. The largest absolute Gasteiger partial charge is 0.454 e. The number of hydrogen-bond donors (Lipinski definition) is 0. The van der Waals surface area contributed by atoms with Crippen molar-refractivity contribution in [3.05, 3.63) is 76.5 Å². The highest BCUT2D eigenvalue weighted by Crippen LogP contribution is 2.25. The van der Waals surface area contributed by atoms with Crippen molar-refractivity contribution in [2.24, 2.45) is 0 Å². The minimum Gasteiger partial charge on any atom is -0.454 e. The van der Waals surface area contributed by atoms with E-state index in [1.807, 2.05) is 48.5 Å². The summed E-state index contributed by atoms with van der Waals surface area (Å²) in [6.07, 6.45) is 0. The van der Waals surface area contributed by atoms with Crippen LogP contribution in [0.3, 0.4) is 0 Å². The van der Waals surface area contributed by atoms with Crippen LogP contribution in [0.4, 0.5) is 5.69 Å². The summed E-state index contributed by atoms with van der Waals surface area (Å²) in [6.45, 7) is 3.54. The molecular weight excluding hydrogens is 399 g/mol. The maximum absolute atomic E-state index is 6.00. The molecule has 1 aliphatic heterocycles. The third-order valence-electron chi connectivity index (χ3n) is 4.70. The quantitative estimate of drug-likeness (QED) is 0.505. The number of hydrogen-bond acceptors (Lipinski definition) is 3. The van der Waals surface area contributed by atoms with Crippen molar-refractivity contribution in [3.8, 4) is 11.3 Å². The Labute approximate surface area is 174 Å². The number of nitrogens with zero attached hydrogens (tertiary/aromatic N) is 2. The van der Waals surface area contributed by atoms with Gasteiger partial charge >= 0.3 is 0 Å². The molecule has 1 saturated heterocycles. The van der Waals surface area contributed by atoms with Gasteiger partial charge < -0.3 is 14.2 Å². The van der Waals surface area contributed by atoms with Crippen molar-refractivity contribution >= 4 is 46.1 Å². The number of piperazine rings is 1. The van der Waals surface area contributed by atoms with Gasteiger partial charge in [-0.25, -0.2) is 0 Å². The van der Waals surface area contributed by atoms with Gasteiger partial charge in [0.05, 0.1) is 0 Å². The van der Waals surface area contributed by atoms with Gasteiger partial charge in [0.15, 0.2) is 5.76 Å². The first-order valence-corrected chi connectivity index (χ1v) is 9.92. The molecular formula is C21H18Cl2N2OS. The van der Waals surface area contributed by atoms with Gasteiger partial charge in [0, 0.05) is 47.5 Å². The number of halogens is 2. The molecule has 6 heteroatoms. The molecule has 0 atom stereocenters. The van der Waals surface area contributed by atoms with Crippen molar-refractivity contribution in [2.75, 3.05) is 31.1 Å². The SMILES string of the molecule is S=C(c1ccc(-c2ccc(Cl)cc2)o1)N1CCN(c2ccc(Cl)cc2)CC1. The molecule has 0 aliphatic carbocycles. The number of anilines is 1. The average Bonchev–Trinajstić information content (AvgIpc) is 3.19. The summed E-state index contributed by atoms with van der Waals surface area (Å²) in [4.78, 5) is 5.30. The van der Waals surface area contributed by atoms with E-state index in [1.165, 1.54) is 5.69 Å². The number of furan rings is 1. The smallest absolute Gasteiger partial charge is 0.162 e. The monoisotopic (exact) mass is 416 g/mol. The molecule has 0 N–H and O–H groups in total. The van der Waals surface area contributed by atoms with Gasteiger partial charge in [0.25, 0.3) is 0 Å². The Morgan fingerprint density at radius 3 is 2.00 bits per heavy atom. The molecule has 0 bridgehead atoms. The van der Waals surface area contributed by atoms with Crippen molar-refractivity contribution in [2.45, 2.75) is 0 Å². The van der Waals surface area contributed by atoms with Crippen LogP contribution in [0, 0.1) is 0 Å². The Bertz CT molecular complexity index is 930. The normalized spacial score (nSPS) is 14.4. The van der Waals surface area contributed by atoms with Gasteiger partial charge in [-0.3, -0.25) is 0 Å². The molecule has 0 saturated carbocycles. The molecule has 1 aliphatic rings. The maximum atomic E-state index is 6.00. The summed E-state index contributed by atoms with van der Waals surface area (Å²) in [5.74, 6) is 1.53. The van der Waals surface area contributed by atoms with E-state index in [2.05, 4.69) is 21.9 Å². The lowest BCUT2D eigenvalue weighted by Crippen LogP contribution is -2.48. The van der Waals surface area contributed by atoms with Crippen LogP contribution in [0.5, 0.6) is 0 Å². The van der Waals surface area contributed by atoms with Crippen LogP contribution in [-0.2, 0) is 0 Å². The summed E-state index contributed by atoms with van der Waals surface area (Å²) in [5, 5.41) is 1.47. The Balaban J connectivity index is 1.41. The average molecular weight is 417 g/mol. The lowest BCUT2D eigenvalue weighted by molar-refractivity contribution is 0.385. The van der Waals surface area contributed by atoms with Gasteiger partial charge in [-0.1, -0.05) is 35.4 Å². The first-order valence-electron chi connectivity index (χ1n) is 8.76. The molecule has 3 nitrogen and oxygen atoms in total. The highest BCUT2D eigenvalue weighted by atomic mass is 35.5. The predicted molar refractivity (Wildman–Crippen MR) is 116 cm³/mol. The Morgan fingerprint density at radius 2 is 1.37 bits per heavy atom. The summed E-state index contributed by atoms with van der Waals surface area (Å²) >= 11 is 17.6. The summed E-state index contributed by atoms with van der Waals surface area (Å²) < 4.78 is 6.00. The number of thiocarbonyl (C=S) groups is 1. The molecule has 0 amide bonds. The van der Waals surface area contributed by atoms with Gasteiger partial charge in [-0.2, -0.15) is 0 Å². The second kappa shape index (κ2) is 7.93. The van der Waals surface area contributed by atoms with E-state index in [-0.39, 0.29) is 0 Å². The Hall–Kier alpha value is -2.01. The van der Waals surface area contributed by atoms with E-state index in [9.17, 15) is 0 Å². The van der Waals surface area contributed by atoms with Crippen LogP contribution in [0.2, 0.25) is 10.0 Å². The first kappa shape index (κ1) is 18.4. The summed E-state index contributed by atoms with van der Waals surface area (Å²) in [5.41, 5.74) is 2.17. The lowest BCUT2D eigenvalue weighted by Gasteiger charge is -2.37. The van der Waals surface area contributed by atoms with E-state index in [0.717, 1.165) is 53.3 Å². The van der Waals surface area contributed by atoms with Crippen molar-refractivity contribution in [3.63, 3.8) is 0 Å². The third-order valence-corrected chi connectivity index (χ3v) is 5.67. The number of rotatable bonds is 3. The highest BCUT2D eigenvalue weighted by Gasteiger charge is 2.22. The molecule has 2 heterocycles. The van der Waals surface area contributed by atoms with Gasteiger partial charge in [-0.15, -0.1) is 0 Å². The molecule has 1 aromatic heterocycles. The van der Waals surface area contributed by atoms with Gasteiger partial charge in [-0.05, 0) is 60.7 Å². The fraction of sp³-hybridized carbons (Fsp3) is 0.190. The van der Waals surface area contributed by atoms with Crippen LogP contribution in [0.1, 0.15) is 5.76 Å². The van der Waals surface area contributed by atoms with Crippen molar-refractivity contribution in [1.29, 1.82) is 0 Å². The molecule has 0 radical (unpaired) electrons. The molecule has 138 valence electrons. The standard InChI is InChI=1S/C21H18Cl2N2OS/c22-16-3-1-15(2-4-16)19-9-10-20(26-19)21(27)25-13-11-24(12-14-25)18-7-5-17(23)6-8-18/h1-10H,11-14H2. The van der Waals surface area contributed by atoms with Crippen LogP contribution < -0.4 is 4.90 Å². The zero-order chi connectivity index (χ0) is 18.8. The highest BCUT2D eigenvalue weighted by molar-refractivity contribution is 7.80. The molecule has 0 spiro atoms.